The summed E-state index contributed by atoms with van der Waals surface area (Å²) in [6.07, 6.45) is 2.75. The fourth-order valence-electron chi connectivity index (χ4n) is 5.13. The average Bonchev–Trinajstić information content (AvgIpc) is 3.30. The van der Waals surface area contributed by atoms with E-state index < -0.39 is 28.1 Å². The van der Waals surface area contributed by atoms with E-state index >= 15 is 0 Å². The lowest BCUT2D eigenvalue weighted by Crippen LogP contribution is -2.36. The third-order valence-corrected chi connectivity index (χ3v) is 7.02. The van der Waals surface area contributed by atoms with Gasteiger partial charge in [-0.05, 0) is 38.2 Å². The number of nitrogens with zero attached hydrogens (tertiary/aromatic N) is 3. The first kappa shape index (κ1) is 20.6. The molecule has 5 rings (SSSR count). The molecule has 170 valence electrons. The maximum Gasteiger partial charge on any atom is 0.341 e. The number of carboxylic acids is 1. The molecule has 2 fully saturated rings. The molecule has 0 bridgehead atoms. The molecule has 3 heterocycles. The standard InChI is InChI=1S/C21H24N4O7/c1-10-9-32-18-14-12(7-13(20(27)28)19(26)24(10)14)15(25(29)30)17(31-2)16(18)23-6-3-11(8-23)21(22)4-5-21/h7,10-11H,3-6,8-9,22H2,1-2H3,(H,27,28)/t10-,11+/m0/s1. The van der Waals surface area contributed by atoms with Gasteiger partial charge in [-0.15, -0.1) is 0 Å². The summed E-state index contributed by atoms with van der Waals surface area (Å²) in [5, 5.41) is 21.7. The van der Waals surface area contributed by atoms with E-state index in [1.165, 1.54) is 11.7 Å². The number of aromatic carboxylic acids is 1. The number of nitro groups is 1. The topological polar surface area (TPSA) is 150 Å². The number of carboxylic acid groups (broad SMARTS) is 1. The number of nitro benzene ring substituents is 1. The lowest BCUT2D eigenvalue weighted by molar-refractivity contribution is -0.383. The average molecular weight is 444 g/mol. The van der Waals surface area contributed by atoms with E-state index in [1.807, 2.05) is 4.90 Å². The van der Waals surface area contributed by atoms with E-state index in [9.17, 15) is 24.8 Å². The van der Waals surface area contributed by atoms with Gasteiger partial charge in [0, 0.05) is 18.6 Å². The van der Waals surface area contributed by atoms with Crippen molar-refractivity contribution >= 4 is 28.2 Å². The number of nitrogens with two attached hydrogens (primary N) is 1. The predicted octanol–water partition coefficient (Wildman–Crippen LogP) is 1.89. The zero-order valence-corrected chi connectivity index (χ0v) is 17.8. The van der Waals surface area contributed by atoms with Crippen LogP contribution in [0.2, 0.25) is 0 Å². The molecule has 0 unspecified atom stereocenters. The van der Waals surface area contributed by atoms with Gasteiger partial charge in [0.05, 0.1) is 23.5 Å². The Morgan fingerprint density at radius 3 is 2.75 bits per heavy atom. The summed E-state index contributed by atoms with van der Waals surface area (Å²) < 4.78 is 12.9. The summed E-state index contributed by atoms with van der Waals surface area (Å²) in [7, 11) is 1.34. The Kier molecular flexibility index (Phi) is 4.39. The molecule has 2 aliphatic heterocycles. The molecule has 32 heavy (non-hydrogen) atoms. The van der Waals surface area contributed by atoms with Gasteiger partial charge in [0.15, 0.2) is 5.75 Å². The third-order valence-electron chi connectivity index (χ3n) is 7.02. The summed E-state index contributed by atoms with van der Waals surface area (Å²) >= 11 is 0. The highest BCUT2D eigenvalue weighted by molar-refractivity contribution is 6.05. The second-order valence-electron chi connectivity index (χ2n) is 8.94. The minimum Gasteiger partial charge on any atom is -0.489 e. The molecule has 1 saturated carbocycles. The Balaban J connectivity index is 1.84. The maximum absolute atomic E-state index is 13.0. The van der Waals surface area contributed by atoms with Crippen LogP contribution in [0, 0.1) is 16.0 Å². The molecule has 11 heteroatoms. The van der Waals surface area contributed by atoms with Crippen molar-refractivity contribution in [1.29, 1.82) is 0 Å². The van der Waals surface area contributed by atoms with E-state index in [1.54, 1.807) is 6.92 Å². The van der Waals surface area contributed by atoms with Crippen molar-refractivity contribution in [2.75, 3.05) is 31.7 Å². The highest BCUT2D eigenvalue weighted by Gasteiger charge is 2.49. The molecular formula is C21H24N4O7. The minimum atomic E-state index is -1.45. The molecule has 0 spiro atoms. The molecule has 3 N–H and O–H groups in total. The fraction of sp³-hybridized carbons (Fsp3) is 0.524. The van der Waals surface area contributed by atoms with Gasteiger partial charge < -0.3 is 25.2 Å². The summed E-state index contributed by atoms with van der Waals surface area (Å²) in [6, 6.07) is 0.556. The van der Waals surface area contributed by atoms with E-state index in [-0.39, 0.29) is 40.4 Å². The van der Waals surface area contributed by atoms with E-state index in [2.05, 4.69) is 0 Å². The van der Waals surface area contributed by atoms with Gasteiger partial charge >= 0.3 is 11.7 Å². The summed E-state index contributed by atoms with van der Waals surface area (Å²) in [5.41, 5.74) is 5.23. The van der Waals surface area contributed by atoms with Crippen molar-refractivity contribution in [2.45, 2.75) is 37.8 Å². The van der Waals surface area contributed by atoms with Crippen molar-refractivity contribution < 1.29 is 24.3 Å². The highest BCUT2D eigenvalue weighted by atomic mass is 16.6. The smallest absolute Gasteiger partial charge is 0.341 e. The molecule has 3 aliphatic rings. The van der Waals surface area contributed by atoms with Crippen LogP contribution in [0.5, 0.6) is 11.5 Å². The number of hydrogen-bond donors (Lipinski definition) is 2. The van der Waals surface area contributed by atoms with Gasteiger partial charge in [-0.1, -0.05) is 0 Å². The van der Waals surface area contributed by atoms with Crippen molar-refractivity contribution in [3.8, 4) is 11.5 Å². The van der Waals surface area contributed by atoms with Crippen LogP contribution in [-0.4, -0.2) is 52.9 Å². The molecule has 2 atom stereocenters. The van der Waals surface area contributed by atoms with Crippen LogP contribution >= 0.6 is 0 Å². The first-order valence-electron chi connectivity index (χ1n) is 10.6. The first-order valence-corrected chi connectivity index (χ1v) is 10.6. The molecule has 11 nitrogen and oxygen atoms in total. The molecule has 1 aromatic heterocycles. The number of ether oxygens (including phenoxy) is 2. The molecule has 1 aliphatic carbocycles. The van der Waals surface area contributed by atoms with Crippen molar-refractivity contribution in [1.82, 2.24) is 4.57 Å². The molecule has 1 aromatic carbocycles. The van der Waals surface area contributed by atoms with Gasteiger partial charge in [-0.3, -0.25) is 19.5 Å². The normalized spacial score (nSPS) is 23.2. The number of rotatable bonds is 5. The Morgan fingerprint density at radius 2 is 2.16 bits per heavy atom. The maximum atomic E-state index is 13.0. The first-order chi connectivity index (χ1) is 15.2. The van der Waals surface area contributed by atoms with Gasteiger partial charge in [-0.2, -0.15) is 0 Å². The molecule has 2 aromatic rings. The van der Waals surface area contributed by atoms with Crippen molar-refractivity contribution in [3.63, 3.8) is 0 Å². The monoisotopic (exact) mass is 444 g/mol. The second-order valence-corrected chi connectivity index (χ2v) is 8.94. The summed E-state index contributed by atoms with van der Waals surface area (Å²) in [6.45, 7) is 3.05. The van der Waals surface area contributed by atoms with Crippen LogP contribution < -0.4 is 25.7 Å². The second kappa shape index (κ2) is 6.83. The Labute approximate surface area is 182 Å². The van der Waals surface area contributed by atoms with E-state index in [0.717, 1.165) is 25.3 Å². The number of anilines is 1. The van der Waals surface area contributed by atoms with Crippen LogP contribution in [0.4, 0.5) is 11.4 Å². The van der Waals surface area contributed by atoms with Crippen molar-refractivity contribution in [2.24, 2.45) is 11.7 Å². The minimum absolute atomic E-state index is 0.00221. The lowest BCUT2D eigenvalue weighted by Gasteiger charge is -2.31. The Morgan fingerprint density at radius 1 is 1.44 bits per heavy atom. The number of pyridine rings is 1. The van der Waals surface area contributed by atoms with Crippen molar-refractivity contribution in [3.05, 3.63) is 32.1 Å². The summed E-state index contributed by atoms with van der Waals surface area (Å²) in [4.78, 5) is 38.3. The molecule has 0 amide bonds. The largest absolute Gasteiger partial charge is 0.489 e. The molecule has 0 radical (unpaired) electrons. The highest BCUT2D eigenvalue weighted by Crippen LogP contribution is 2.54. The molecular weight excluding hydrogens is 420 g/mol. The summed E-state index contributed by atoms with van der Waals surface area (Å²) in [5.74, 6) is -0.903. The van der Waals surface area contributed by atoms with E-state index in [0.29, 0.717) is 24.5 Å². The van der Waals surface area contributed by atoms with E-state index in [4.69, 9.17) is 15.2 Å². The quantitative estimate of drug-likeness (QED) is 0.520. The van der Waals surface area contributed by atoms with Crippen LogP contribution in [0.1, 0.15) is 42.6 Å². The predicted molar refractivity (Wildman–Crippen MR) is 115 cm³/mol. The van der Waals surface area contributed by atoms with Crippen LogP contribution in [-0.2, 0) is 0 Å². The van der Waals surface area contributed by atoms with Gasteiger partial charge in [0.2, 0.25) is 5.75 Å². The van der Waals surface area contributed by atoms with Crippen LogP contribution in [0.3, 0.4) is 0 Å². The number of aromatic nitrogens is 1. The van der Waals surface area contributed by atoms with Crippen LogP contribution in [0.15, 0.2) is 10.9 Å². The number of hydrogen-bond acceptors (Lipinski definition) is 8. The van der Waals surface area contributed by atoms with Gasteiger partial charge in [-0.25, -0.2) is 4.79 Å². The molecule has 1 saturated heterocycles. The SMILES string of the molecule is COc1c(N2CC[C@@H](C3(N)CC3)C2)c2c3c(cc(C(=O)O)c(=O)n3[C@@H](C)CO2)c1[N+](=O)[O-]. The fourth-order valence-corrected chi connectivity index (χ4v) is 5.13. The number of carbonyl (C=O) groups is 1. The van der Waals surface area contributed by atoms with Gasteiger partial charge in [0.1, 0.15) is 23.4 Å². The zero-order valence-electron chi connectivity index (χ0n) is 17.8. The van der Waals surface area contributed by atoms with Gasteiger partial charge in [0.25, 0.3) is 5.56 Å². The Hall–Kier alpha value is -3.34. The number of methoxy groups -OCH3 is 1. The third kappa shape index (κ3) is 2.77. The zero-order chi connectivity index (χ0) is 22.9. The number of benzene rings is 1. The lowest BCUT2D eigenvalue weighted by atomic mass is 9.97. The van der Waals surface area contributed by atoms with Crippen LogP contribution in [0.25, 0.3) is 10.9 Å². The Bertz CT molecular complexity index is 1230.